The van der Waals surface area contributed by atoms with E-state index in [1.807, 2.05) is 12.2 Å². The van der Waals surface area contributed by atoms with Crippen LogP contribution in [0.3, 0.4) is 0 Å². The van der Waals surface area contributed by atoms with Crippen LogP contribution in [-0.4, -0.2) is 37.9 Å². The molecule has 2 aliphatic carbocycles. The van der Waals surface area contributed by atoms with E-state index in [0.717, 1.165) is 12.4 Å². The van der Waals surface area contributed by atoms with E-state index in [2.05, 4.69) is 25.7 Å². The summed E-state index contributed by atoms with van der Waals surface area (Å²) in [5.74, 6) is -2.53. The predicted molar refractivity (Wildman–Crippen MR) is 99.4 cm³/mol. The highest BCUT2D eigenvalue weighted by Crippen LogP contribution is 2.45. The number of primary amides is 1. The highest BCUT2D eigenvalue weighted by molar-refractivity contribution is 5.80. The van der Waals surface area contributed by atoms with Crippen LogP contribution in [0.5, 0.6) is 0 Å². The topological polar surface area (TPSA) is 111 Å². The van der Waals surface area contributed by atoms with Crippen LogP contribution in [0.15, 0.2) is 30.7 Å². The van der Waals surface area contributed by atoms with Crippen molar-refractivity contribution in [1.82, 2.24) is 19.7 Å². The number of halogens is 6. The fourth-order valence-corrected chi connectivity index (χ4v) is 4.15. The number of carbonyl (C=O) groups excluding carboxylic acids is 1. The quantitative estimate of drug-likeness (QED) is 0.451. The minimum absolute atomic E-state index is 0.0535. The summed E-state index contributed by atoms with van der Waals surface area (Å²) in [6.07, 6.45) is -2.40. The van der Waals surface area contributed by atoms with Crippen LogP contribution in [0.4, 0.5) is 43.8 Å². The lowest BCUT2D eigenvalue weighted by Crippen LogP contribution is -2.41. The molecule has 14 heteroatoms. The van der Waals surface area contributed by atoms with Gasteiger partial charge in [0.1, 0.15) is 17.9 Å². The van der Waals surface area contributed by atoms with Crippen molar-refractivity contribution in [2.24, 2.45) is 23.5 Å². The Balaban J connectivity index is 1.60. The lowest BCUT2D eigenvalue weighted by atomic mass is 9.88. The number of nitrogens with one attached hydrogen (secondary N) is 2. The molecule has 0 saturated heterocycles. The molecule has 0 unspecified atom stereocenters. The number of fused-ring (bicyclic) bond motifs is 2. The van der Waals surface area contributed by atoms with Crippen molar-refractivity contribution in [1.29, 1.82) is 0 Å². The zero-order chi connectivity index (χ0) is 23.3. The van der Waals surface area contributed by atoms with Crippen LogP contribution in [-0.2, 0) is 17.5 Å². The molecule has 32 heavy (non-hydrogen) atoms. The minimum atomic E-state index is -4.78. The van der Waals surface area contributed by atoms with Gasteiger partial charge in [0.05, 0.1) is 17.8 Å². The lowest BCUT2D eigenvalue weighted by molar-refractivity contribution is -0.142. The van der Waals surface area contributed by atoms with E-state index in [4.69, 9.17) is 5.73 Å². The maximum absolute atomic E-state index is 13.5. The Morgan fingerprint density at radius 2 is 1.88 bits per heavy atom. The average Bonchev–Trinajstić information content (AvgIpc) is 3.36. The third-order valence-corrected chi connectivity index (χ3v) is 5.42. The summed E-state index contributed by atoms with van der Waals surface area (Å²) >= 11 is 0. The number of hydrogen-bond acceptors (Lipinski definition) is 6. The molecule has 4 N–H and O–H groups in total. The molecule has 2 aromatic heterocycles. The van der Waals surface area contributed by atoms with Crippen molar-refractivity contribution >= 4 is 23.4 Å². The Bertz CT molecular complexity index is 1050. The molecule has 2 bridgehead atoms. The van der Waals surface area contributed by atoms with Gasteiger partial charge in [0, 0.05) is 18.4 Å². The molecular formula is C18H17F6N7O. The Morgan fingerprint density at radius 1 is 1.16 bits per heavy atom. The maximum Gasteiger partial charge on any atom is 0.421 e. The molecule has 0 spiro atoms. The Kier molecular flexibility index (Phi) is 5.25. The van der Waals surface area contributed by atoms with Gasteiger partial charge in [0.25, 0.3) is 0 Å². The van der Waals surface area contributed by atoms with Gasteiger partial charge in [-0.25, -0.2) is 4.98 Å². The number of carbonyl (C=O) groups is 1. The van der Waals surface area contributed by atoms with E-state index in [1.165, 1.54) is 0 Å². The highest BCUT2D eigenvalue weighted by atomic mass is 19.4. The number of nitrogens with zero attached hydrogens (tertiary/aromatic N) is 4. The second kappa shape index (κ2) is 7.67. The molecule has 172 valence electrons. The molecule has 0 aromatic carbocycles. The van der Waals surface area contributed by atoms with Crippen LogP contribution < -0.4 is 16.4 Å². The maximum atomic E-state index is 13.5. The summed E-state index contributed by atoms with van der Waals surface area (Å²) in [6, 6.07) is -0.680. The Morgan fingerprint density at radius 3 is 2.53 bits per heavy atom. The van der Waals surface area contributed by atoms with E-state index in [-0.39, 0.29) is 23.5 Å². The van der Waals surface area contributed by atoms with Gasteiger partial charge in [-0.1, -0.05) is 12.2 Å². The minimum Gasteiger partial charge on any atom is -0.369 e. The van der Waals surface area contributed by atoms with Crippen molar-refractivity contribution in [2.45, 2.75) is 31.4 Å². The molecule has 0 aliphatic heterocycles. The Hall–Kier alpha value is -3.32. The van der Waals surface area contributed by atoms with Gasteiger partial charge in [-0.15, -0.1) is 0 Å². The van der Waals surface area contributed by atoms with Gasteiger partial charge >= 0.3 is 12.4 Å². The van der Waals surface area contributed by atoms with Gasteiger partial charge in [-0.2, -0.15) is 36.4 Å². The second-order valence-electron chi connectivity index (χ2n) is 7.67. The summed E-state index contributed by atoms with van der Waals surface area (Å²) in [7, 11) is 0. The lowest BCUT2D eigenvalue weighted by Gasteiger charge is -2.28. The number of nitrogens with two attached hydrogens (primary N) is 1. The normalized spacial score (nSPS) is 24.7. The van der Waals surface area contributed by atoms with Crippen LogP contribution in [0.2, 0.25) is 0 Å². The third kappa shape index (κ3) is 4.48. The number of anilines is 3. The van der Waals surface area contributed by atoms with Crippen LogP contribution in [0.1, 0.15) is 12.0 Å². The van der Waals surface area contributed by atoms with Crippen molar-refractivity contribution in [3.05, 3.63) is 36.3 Å². The van der Waals surface area contributed by atoms with Gasteiger partial charge < -0.3 is 16.4 Å². The highest BCUT2D eigenvalue weighted by Gasteiger charge is 2.48. The van der Waals surface area contributed by atoms with Crippen molar-refractivity contribution < 1.29 is 31.1 Å². The van der Waals surface area contributed by atoms with Gasteiger partial charge in [-0.05, 0) is 18.3 Å². The van der Waals surface area contributed by atoms with Crippen molar-refractivity contribution in [2.75, 3.05) is 10.6 Å². The first-order chi connectivity index (χ1) is 14.9. The largest absolute Gasteiger partial charge is 0.421 e. The molecule has 1 fully saturated rings. The molecule has 2 heterocycles. The first kappa shape index (κ1) is 21.9. The molecule has 4 atom stereocenters. The predicted octanol–water partition coefficient (Wildman–Crippen LogP) is 3.09. The van der Waals surface area contributed by atoms with E-state index in [9.17, 15) is 31.1 Å². The molecule has 1 saturated carbocycles. The third-order valence-electron chi connectivity index (χ3n) is 5.42. The molecule has 8 nitrogen and oxygen atoms in total. The molecule has 2 aromatic rings. The number of amides is 1. The van der Waals surface area contributed by atoms with Gasteiger partial charge in [0.15, 0.2) is 0 Å². The SMILES string of the molecule is NC(=O)[C@@H]1[C@H](Nc2nc(Nc3cnn(CC(F)(F)F)c3)ncc2C(F)(F)F)[C@H]2C=C[C@@H]1C2. The first-order valence-electron chi connectivity index (χ1n) is 9.45. The molecule has 0 radical (unpaired) electrons. The van der Waals surface area contributed by atoms with E-state index >= 15 is 0 Å². The summed E-state index contributed by atoms with van der Waals surface area (Å²) < 4.78 is 78.6. The molecular weight excluding hydrogens is 444 g/mol. The van der Waals surface area contributed by atoms with Crippen molar-refractivity contribution in [3.63, 3.8) is 0 Å². The summed E-state index contributed by atoms with van der Waals surface area (Å²) in [5.41, 5.74) is 4.37. The Labute approximate surface area is 176 Å². The molecule has 4 rings (SSSR count). The first-order valence-corrected chi connectivity index (χ1v) is 9.45. The monoisotopic (exact) mass is 461 g/mol. The van der Waals surface area contributed by atoms with Gasteiger partial charge in [0.2, 0.25) is 11.9 Å². The van der Waals surface area contributed by atoms with Crippen molar-refractivity contribution in [3.8, 4) is 0 Å². The van der Waals surface area contributed by atoms with Crippen LogP contribution >= 0.6 is 0 Å². The summed E-state index contributed by atoms with van der Waals surface area (Å²) in [6.45, 7) is -1.33. The average molecular weight is 461 g/mol. The summed E-state index contributed by atoms with van der Waals surface area (Å²) in [4.78, 5) is 19.4. The fraction of sp³-hybridized carbons (Fsp3) is 0.444. The smallest absolute Gasteiger partial charge is 0.369 e. The second-order valence-corrected chi connectivity index (χ2v) is 7.67. The van der Waals surface area contributed by atoms with Gasteiger partial charge in [-0.3, -0.25) is 9.48 Å². The van der Waals surface area contributed by atoms with E-state index in [0.29, 0.717) is 17.3 Å². The number of alkyl halides is 6. The zero-order valence-corrected chi connectivity index (χ0v) is 16.2. The number of rotatable bonds is 6. The zero-order valence-electron chi connectivity index (χ0n) is 16.2. The number of allylic oxidation sites excluding steroid dienone is 1. The number of hydrogen-bond donors (Lipinski definition) is 3. The molecule has 2 aliphatic rings. The fourth-order valence-electron chi connectivity index (χ4n) is 4.15. The van der Waals surface area contributed by atoms with E-state index < -0.39 is 48.1 Å². The summed E-state index contributed by atoms with van der Waals surface area (Å²) in [5, 5.41) is 8.78. The van der Waals surface area contributed by atoms with Crippen LogP contribution in [0.25, 0.3) is 0 Å². The van der Waals surface area contributed by atoms with E-state index in [1.54, 1.807) is 0 Å². The number of aromatic nitrogens is 4. The molecule has 1 amide bonds. The van der Waals surface area contributed by atoms with Crippen LogP contribution in [0, 0.1) is 17.8 Å². The standard InChI is InChI=1S/C18H17F6N7O/c19-17(20,21)7-31-6-10(4-27-31)28-16-26-5-11(18(22,23)24)15(30-16)29-13-9-2-1-8(3-9)12(13)14(25)32/h1-2,4-6,8-9,12-13H,3,7H2,(H2,25,32)(H2,26,28,29,30)/t8-,9+,12+,13-/m1/s1.